The maximum atomic E-state index is 7.02. The fourth-order valence-electron chi connectivity index (χ4n) is 8.92. The second-order valence-corrected chi connectivity index (χ2v) is 14.1. The Morgan fingerprint density at radius 2 is 1.04 bits per heavy atom. The topological polar surface area (TPSA) is 43.9 Å². The third-order valence-electron chi connectivity index (χ3n) is 11.2. The highest BCUT2D eigenvalue weighted by Crippen LogP contribution is 2.50. The van der Waals surface area contributed by atoms with Gasteiger partial charge in [0.05, 0.1) is 22.1 Å². The number of fused-ring (bicyclic) bond motifs is 16. The van der Waals surface area contributed by atoms with E-state index in [1.807, 2.05) is 12.3 Å². The van der Waals surface area contributed by atoms with Crippen molar-refractivity contribution in [1.82, 2.24) is 14.5 Å². The van der Waals surface area contributed by atoms with E-state index in [2.05, 4.69) is 168 Å². The van der Waals surface area contributed by atoms with Gasteiger partial charge < -0.3 is 4.42 Å². The SMILES string of the molecule is c1ccc(-c2ccc(-c3cc(-n4c5ccccc5c5c6c7ccccc7c7ccccc7c6c6c7ccccc7oc6c54)nc4cccnc34)cc2)cc1. The van der Waals surface area contributed by atoms with Gasteiger partial charge in [-0.25, -0.2) is 4.98 Å². The summed E-state index contributed by atoms with van der Waals surface area (Å²) in [5.41, 5.74) is 9.98. The molecule has 8 aromatic carbocycles. The van der Waals surface area contributed by atoms with Crippen LogP contribution in [0.25, 0.3) is 115 Å². The molecule has 0 aliphatic carbocycles. The molecule has 0 saturated carbocycles. The molecular weight excluding hydrogens is 659 g/mol. The van der Waals surface area contributed by atoms with E-state index in [0.717, 1.165) is 71.7 Å². The summed E-state index contributed by atoms with van der Waals surface area (Å²) in [6, 6.07) is 60.3. The summed E-state index contributed by atoms with van der Waals surface area (Å²) in [5.74, 6) is 0.815. The van der Waals surface area contributed by atoms with Gasteiger partial charge in [-0.2, -0.15) is 0 Å². The minimum absolute atomic E-state index is 0.815. The van der Waals surface area contributed by atoms with E-state index in [0.29, 0.717) is 0 Å². The summed E-state index contributed by atoms with van der Waals surface area (Å²) in [5, 5.41) is 11.9. The molecule has 0 unspecified atom stereocenters. The molecule has 4 aromatic heterocycles. The number of furan rings is 1. The summed E-state index contributed by atoms with van der Waals surface area (Å²) in [7, 11) is 0. The van der Waals surface area contributed by atoms with Crippen LogP contribution in [-0.4, -0.2) is 14.5 Å². The van der Waals surface area contributed by atoms with E-state index >= 15 is 0 Å². The van der Waals surface area contributed by atoms with Crippen molar-refractivity contribution in [3.8, 4) is 28.1 Å². The van der Waals surface area contributed by atoms with Gasteiger partial charge in [-0.05, 0) is 68.6 Å². The van der Waals surface area contributed by atoms with Gasteiger partial charge in [-0.1, -0.05) is 140 Å². The van der Waals surface area contributed by atoms with Gasteiger partial charge in [-0.3, -0.25) is 9.55 Å². The van der Waals surface area contributed by atoms with Crippen molar-refractivity contribution >= 4 is 87.1 Å². The normalized spacial score (nSPS) is 12.1. The molecule has 0 aliphatic rings. The van der Waals surface area contributed by atoms with Gasteiger partial charge in [0.15, 0.2) is 5.58 Å². The minimum atomic E-state index is 0.815. The lowest BCUT2D eigenvalue weighted by Crippen LogP contribution is -2.00. The van der Waals surface area contributed by atoms with Crippen molar-refractivity contribution in [1.29, 1.82) is 0 Å². The van der Waals surface area contributed by atoms with Gasteiger partial charge in [0, 0.05) is 44.1 Å². The van der Waals surface area contributed by atoms with Crippen LogP contribution in [0.4, 0.5) is 0 Å². The van der Waals surface area contributed by atoms with Crippen LogP contribution in [-0.2, 0) is 0 Å². The number of pyridine rings is 2. The lowest BCUT2D eigenvalue weighted by molar-refractivity contribution is 0.671. The zero-order valence-corrected chi connectivity index (χ0v) is 29.0. The van der Waals surface area contributed by atoms with Crippen molar-refractivity contribution in [2.45, 2.75) is 0 Å². The van der Waals surface area contributed by atoms with Crippen LogP contribution in [0.3, 0.4) is 0 Å². The number of benzene rings is 8. The van der Waals surface area contributed by atoms with Crippen LogP contribution in [0, 0.1) is 0 Å². The monoisotopic (exact) mass is 687 g/mol. The molecule has 4 heterocycles. The van der Waals surface area contributed by atoms with E-state index in [-0.39, 0.29) is 0 Å². The Morgan fingerprint density at radius 3 is 1.80 bits per heavy atom. The number of rotatable bonds is 3. The average Bonchev–Trinajstić information content (AvgIpc) is 3.80. The van der Waals surface area contributed by atoms with Crippen molar-refractivity contribution in [3.05, 3.63) is 176 Å². The van der Waals surface area contributed by atoms with E-state index in [1.165, 1.54) is 43.4 Å². The third-order valence-corrected chi connectivity index (χ3v) is 11.2. The number of hydrogen-bond donors (Lipinski definition) is 0. The summed E-state index contributed by atoms with van der Waals surface area (Å²) < 4.78 is 9.35. The Morgan fingerprint density at radius 1 is 0.444 bits per heavy atom. The Kier molecular flexibility index (Phi) is 6.02. The van der Waals surface area contributed by atoms with Crippen LogP contribution >= 0.6 is 0 Å². The van der Waals surface area contributed by atoms with Crippen molar-refractivity contribution in [3.63, 3.8) is 0 Å². The second kappa shape index (κ2) is 11.1. The standard InChI is InChI=1S/C50H29N3O/c1-2-13-30(14-3-1)31-24-26-32(27-25-31)39-29-43(52-40-21-12-28-51-48(39)40)53-41-22-10-8-19-37(41)46-44-35-17-6-4-15-33(35)34-16-5-7-18-36(34)45(44)47-38-20-9-11-23-42(38)54-50(47)49(46)53/h1-29H. The molecule has 0 aliphatic heterocycles. The molecule has 0 bridgehead atoms. The molecule has 4 nitrogen and oxygen atoms in total. The third kappa shape index (κ3) is 4.02. The van der Waals surface area contributed by atoms with Gasteiger partial charge in [0.1, 0.15) is 11.4 Å². The van der Waals surface area contributed by atoms with Gasteiger partial charge in [0.2, 0.25) is 0 Å². The van der Waals surface area contributed by atoms with Crippen LogP contribution in [0.15, 0.2) is 180 Å². The summed E-state index contributed by atoms with van der Waals surface area (Å²) in [6.45, 7) is 0. The molecule has 0 fully saturated rings. The number of nitrogens with zero attached hydrogens (tertiary/aromatic N) is 3. The van der Waals surface area contributed by atoms with E-state index in [1.54, 1.807) is 0 Å². The van der Waals surface area contributed by atoms with Crippen molar-refractivity contribution < 1.29 is 4.42 Å². The molecule has 54 heavy (non-hydrogen) atoms. The van der Waals surface area contributed by atoms with Crippen LogP contribution in [0.2, 0.25) is 0 Å². The predicted molar refractivity (Wildman–Crippen MR) is 225 cm³/mol. The number of para-hydroxylation sites is 2. The first-order valence-electron chi connectivity index (χ1n) is 18.3. The molecule has 0 amide bonds. The highest BCUT2D eigenvalue weighted by atomic mass is 16.3. The first kappa shape index (κ1) is 29.3. The molecule has 0 atom stereocenters. The second-order valence-electron chi connectivity index (χ2n) is 14.1. The lowest BCUT2D eigenvalue weighted by atomic mass is 9.89. The van der Waals surface area contributed by atoms with Gasteiger partial charge in [0.25, 0.3) is 0 Å². The Hall–Kier alpha value is -7.30. The Bertz CT molecular complexity index is 3490. The highest BCUT2D eigenvalue weighted by molar-refractivity contribution is 6.44. The minimum Gasteiger partial charge on any atom is -0.454 e. The molecule has 0 spiro atoms. The summed E-state index contributed by atoms with van der Waals surface area (Å²) in [6.07, 6.45) is 1.85. The zero-order valence-electron chi connectivity index (χ0n) is 29.0. The largest absolute Gasteiger partial charge is 0.454 e. The van der Waals surface area contributed by atoms with Crippen LogP contribution in [0.5, 0.6) is 0 Å². The summed E-state index contributed by atoms with van der Waals surface area (Å²) >= 11 is 0. The van der Waals surface area contributed by atoms with E-state index in [4.69, 9.17) is 14.4 Å². The smallest absolute Gasteiger partial charge is 0.160 e. The number of aromatic nitrogens is 3. The molecule has 4 heteroatoms. The average molecular weight is 688 g/mol. The van der Waals surface area contributed by atoms with Crippen molar-refractivity contribution in [2.75, 3.05) is 0 Å². The zero-order chi connectivity index (χ0) is 35.3. The maximum Gasteiger partial charge on any atom is 0.160 e. The molecule has 250 valence electrons. The fraction of sp³-hybridized carbons (Fsp3) is 0. The van der Waals surface area contributed by atoms with E-state index in [9.17, 15) is 0 Å². The highest BCUT2D eigenvalue weighted by Gasteiger charge is 2.26. The number of hydrogen-bond acceptors (Lipinski definition) is 3. The van der Waals surface area contributed by atoms with E-state index < -0.39 is 0 Å². The first-order chi connectivity index (χ1) is 26.8. The first-order valence-corrected chi connectivity index (χ1v) is 18.3. The van der Waals surface area contributed by atoms with Gasteiger partial charge in [-0.15, -0.1) is 0 Å². The molecular formula is C50H29N3O. The fourth-order valence-corrected chi connectivity index (χ4v) is 8.92. The molecule has 0 N–H and O–H groups in total. The van der Waals surface area contributed by atoms with Crippen LogP contribution in [0.1, 0.15) is 0 Å². The Labute approximate surface area is 309 Å². The molecule has 0 radical (unpaired) electrons. The quantitative estimate of drug-likeness (QED) is 0.174. The molecule has 0 saturated heterocycles. The lowest BCUT2D eigenvalue weighted by Gasteiger charge is -2.15. The Balaban J connectivity index is 1.27. The summed E-state index contributed by atoms with van der Waals surface area (Å²) in [4.78, 5) is 10.3. The van der Waals surface area contributed by atoms with Gasteiger partial charge >= 0.3 is 0 Å². The molecule has 12 rings (SSSR count). The van der Waals surface area contributed by atoms with Crippen LogP contribution < -0.4 is 0 Å². The maximum absolute atomic E-state index is 7.02. The van der Waals surface area contributed by atoms with Crippen molar-refractivity contribution in [2.24, 2.45) is 0 Å². The molecule has 12 aromatic rings. The predicted octanol–water partition coefficient (Wildman–Crippen LogP) is 13.4.